The fourth-order valence-corrected chi connectivity index (χ4v) is 1.44. The Hall–Kier alpha value is -1.75. The summed E-state index contributed by atoms with van der Waals surface area (Å²) in [6, 6.07) is 7.56. The number of carbonyl (C=O) groups is 1. The highest BCUT2D eigenvalue weighted by atomic mass is 16.4. The summed E-state index contributed by atoms with van der Waals surface area (Å²) in [5, 5.41) is 9.08. The van der Waals surface area contributed by atoms with Gasteiger partial charge in [-0.25, -0.2) is 0 Å². The fourth-order valence-electron chi connectivity index (χ4n) is 1.44. The van der Waals surface area contributed by atoms with Crippen LogP contribution < -0.4 is 0 Å². The maximum Gasteiger partial charge on any atom is 0.311 e. The molecule has 0 aromatic heterocycles. The summed E-state index contributed by atoms with van der Waals surface area (Å²) in [4.78, 5) is 11.0. The summed E-state index contributed by atoms with van der Waals surface area (Å²) in [6.07, 6.45) is 0.370. The predicted octanol–water partition coefficient (Wildman–Crippen LogP) is 2.58. The van der Waals surface area contributed by atoms with Crippen LogP contribution in [0.25, 0.3) is 0 Å². The monoisotopic (exact) mass is 202 g/mol. The van der Waals surface area contributed by atoms with Gasteiger partial charge in [0.25, 0.3) is 0 Å². The second-order valence-corrected chi connectivity index (χ2v) is 3.44. The van der Waals surface area contributed by atoms with Crippen LogP contribution in [-0.4, -0.2) is 11.1 Å². The predicted molar refractivity (Wildman–Crippen MR) is 59.6 cm³/mol. The molecule has 0 radical (unpaired) electrons. The molecule has 0 spiro atoms. The second kappa shape index (κ2) is 5.21. The van der Waals surface area contributed by atoms with Gasteiger partial charge in [-0.05, 0) is 19.4 Å². The first kappa shape index (κ1) is 11.3. The Labute approximate surface area is 89.9 Å². The van der Waals surface area contributed by atoms with Gasteiger partial charge in [0.2, 0.25) is 0 Å². The molecule has 0 aliphatic heterocycles. The van der Waals surface area contributed by atoms with Crippen molar-refractivity contribution in [1.82, 2.24) is 0 Å². The minimum Gasteiger partial charge on any atom is -0.481 e. The topological polar surface area (TPSA) is 37.3 Å². The molecule has 1 aromatic carbocycles. The van der Waals surface area contributed by atoms with Gasteiger partial charge in [-0.3, -0.25) is 4.79 Å². The van der Waals surface area contributed by atoms with E-state index in [-0.39, 0.29) is 0 Å². The number of benzene rings is 1. The third-order valence-corrected chi connectivity index (χ3v) is 2.23. The van der Waals surface area contributed by atoms with Gasteiger partial charge in [0.15, 0.2) is 0 Å². The van der Waals surface area contributed by atoms with Crippen LogP contribution in [0.3, 0.4) is 0 Å². The Balaban J connectivity index is 2.97. The van der Waals surface area contributed by atoms with E-state index in [4.69, 9.17) is 5.11 Å². The molecular formula is C13H14O2. The molecule has 2 nitrogen and oxygen atoms in total. The summed E-state index contributed by atoms with van der Waals surface area (Å²) in [6.45, 7) is 3.67. The largest absolute Gasteiger partial charge is 0.481 e. The quantitative estimate of drug-likeness (QED) is 0.765. The van der Waals surface area contributed by atoms with E-state index >= 15 is 0 Å². The lowest BCUT2D eigenvalue weighted by molar-refractivity contribution is -0.138. The zero-order chi connectivity index (χ0) is 11.3. The first-order valence-electron chi connectivity index (χ1n) is 4.84. The van der Waals surface area contributed by atoms with Gasteiger partial charge in [-0.15, -0.1) is 11.8 Å². The number of aryl methyl sites for hydroxylation is 1. The third kappa shape index (κ3) is 3.14. The van der Waals surface area contributed by atoms with Crippen molar-refractivity contribution in [2.75, 3.05) is 0 Å². The van der Waals surface area contributed by atoms with Crippen LogP contribution in [0.5, 0.6) is 0 Å². The maximum atomic E-state index is 11.0. The smallest absolute Gasteiger partial charge is 0.311 e. The van der Waals surface area contributed by atoms with E-state index in [0.29, 0.717) is 6.42 Å². The number of carboxylic acid groups (broad SMARTS) is 1. The highest BCUT2D eigenvalue weighted by Gasteiger charge is 2.18. The summed E-state index contributed by atoms with van der Waals surface area (Å²) >= 11 is 0. The molecule has 0 saturated carbocycles. The first-order chi connectivity index (χ1) is 7.15. The van der Waals surface area contributed by atoms with Crippen molar-refractivity contribution in [1.29, 1.82) is 0 Å². The molecule has 0 bridgehead atoms. The van der Waals surface area contributed by atoms with Gasteiger partial charge in [-0.2, -0.15) is 0 Å². The third-order valence-electron chi connectivity index (χ3n) is 2.23. The zero-order valence-electron chi connectivity index (χ0n) is 8.95. The van der Waals surface area contributed by atoms with E-state index in [1.807, 2.05) is 31.2 Å². The second-order valence-electron chi connectivity index (χ2n) is 3.44. The van der Waals surface area contributed by atoms with Crippen molar-refractivity contribution in [3.63, 3.8) is 0 Å². The molecule has 1 unspecified atom stereocenters. The Kier molecular flexibility index (Phi) is 3.93. The van der Waals surface area contributed by atoms with Crippen LogP contribution in [0.2, 0.25) is 0 Å². The van der Waals surface area contributed by atoms with Gasteiger partial charge in [0.05, 0.1) is 5.92 Å². The Morgan fingerprint density at radius 1 is 1.53 bits per heavy atom. The van der Waals surface area contributed by atoms with Crippen LogP contribution in [0.1, 0.15) is 30.4 Å². The molecule has 1 atom stereocenters. The van der Waals surface area contributed by atoms with Crippen molar-refractivity contribution in [3.8, 4) is 11.8 Å². The Morgan fingerprint density at radius 3 is 2.80 bits per heavy atom. The Bertz CT molecular complexity index is 410. The Morgan fingerprint density at radius 2 is 2.27 bits per heavy atom. The molecule has 0 aliphatic carbocycles. The number of rotatable bonds is 3. The van der Waals surface area contributed by atoms with Gasteiger partial charge >= 0.3 is 5.97 Å². The highest BCUT2D eigenvalue weighted by Crippen LogP contribution is 2.20. The van der Waals surface area contributed by atoms with Gasteiger partial charge in [0, 0.05) is 6.42 Å². The molecule has 0 aliphatic rings. The standard InChI is InChI=1S/C13H14O2/c1-3-4-8-12(13(14)15)11-7-5-6-10(2)9-11/h5-7,9,12H,8H2,1-2H3,(H,14,15). The number of hydrogen-bond acceptors (Lipinski definition) is 1. The molecule has 2 heteroatoms. The summed E-state index contributed by atoms with van der Waals surface area (Å²) in [5.74, 6) is 4.21. The van der Waals surface area contributed by atoms with E-state index in [0.717, 1.165) is 11.1 Å². The molecule has 15 heavy (non-hydrogen) atoms. The molecule has 1 N–H and O–H groups in total. The van der Waals surface area contributed by atoms with Crippen LogP contribution in [0.15, 0.2) is 24.3 Å². The van der Waals surface area contributed by atoms with Crippen molar-refractivity contribution >= 4 is 5.97 Å². The molecular weight excluding hydrogens is 188 g/mol. The summed E-state index contributed by atoms with van der Waals surface area (Å²) in [5.41, 5.74) is 1.90. The van der Waals surface area contributed by atoms with Crippen molar-refractivity contribution in [2.24, 2.45) is 0 Å². The van der Waals surface area contributed by atoms with E-state index in [2.05, 4.69) is 11.8 Å². The van der Waals surface area contributed by atoms with Gasteiger partial charge < -0.3 is 5.11 Å². The molecule has 1 aromatic rings. The summed E-state index contributed by atoms with van der Waals surface area (Å²) in [7, 11) is 0. The number of hydrogen-bond donors (Lipinski definition) is 1. The lowest BCUT2D eigenvalue weighted by Gasteiger charge is -2.09. The van der Waals surface area contributed by atoms with E-state index in [1.54, 1.807) is 6.92 Å². The van der Waals surface area contributed by atoms with Crippen LogP contribution in [0, 0.1) is 18.8 Å². The lowest BCUT2D eigenvalue weighted by atomic mass is 9.95. The van der Waals surface area contributed by atoms with E-state index < -0.39 is 11.9 Å². The molecule has 0 fully saturated rings. The fraction of sp³-hybridized carbons (Fsp3) is 0.308. The maximum absolute atomic E-state index is 11.0. The molecule has 1 rings (SSSR count). The lowest BCUT2D eigenvalue weighted by Crippen LogP contribution is -2.11. The van der Waals surface area contributed by atoms with E-state index in [9.17, 15) is 4.79 Å². The number of aliphatic carboxylic acids is 1. The minimum absolute atomic E-state index is 0.370. The van der Waals surface area contributed by atoms with Crippen molar-refractivity contribution < 1.29 is 9.90 Å². The SMILES string of the molecule is CC#CCC(C(=O)O)c1cccc(C)c1. The molecule has 0 amide bonds. The molecule has 0 heterocycles. The number of carboxylic acids is 1. The van der Waals surface area contributed by atoms with Gasteiger partial charge in [-0.1, -0.05) is 29.8 Å². The average Bonchev–Trinajstić information content (AvgIpc) is 2.18. The van der Waals surface area contributed by atoms with Crippen molar-refractivity contribution in [3.05, 3.63) is 35.4 Å². The molecule has 78 valence electrons. The first-order valence-corrected chi connectivity index (χ1v) is 4.84. The molecule has 0 saturated heterocycles. The van der Waals surface area contributed by atoms with Crippen molar-refractivity contribution in [2.45, 2.75) is 26.2 Å². The zero-order valence-corrected chi connectivity index (χ0v) is 8.95. The highest BCUT2D eigenvalue weighted by molar-refractivity contribution is 5.76. The van der Waals surface area contributed by atoms with Gasteiger partial charge in [0.1, 0.15) is 0 Å². The van der Waals surface area contributed by atoms with Crippen LogP contribution in [-0.2, 0) is 4.79 Å². The average molecular weight is 202 g/mol. The van der Waals surface area contributed by atoms with E-state index in [1.165, 1.54) is 0 Å². The summed E-state index contributed by atoms with van der Waals surface area (Å²) < 4.78 is 0. The normalized spacial score (nSPS) is 11.3. The van der Waals surface area contributed by atoms with Crippen LogP contribution >= 0.6 is 0 Å². The minimum atomic E-state index is -0.816. The van der Waals surface area contributed by atoms with Crippen LogP contribution in [0.4, 0.5) is 0 Å².